The smallest absolute Gasteiger partial charge is 0.136 e. The fraction of sp³-hybridized carbons (Fsp3) is 0.125. The summed E-state index contributed by atoms with van der Waals surface area (Å²) in [7, 11) is 0. The molecule has 2 nitrogen and oxygen atoms in total. The number of hydrogen-bond acceptors (Lipinski definition) is 2. The predicted octanol–water partition coefficient (Wildman–Crippen LogP) is 13.9. The zero-order chi connectivity index (χ0) is 33.3. The van der Waals surface area contributed by atoms with Gasteiger partial charge in [-0.2, -0.15) is 0 Å². The first kappa shape index (κ1) is 28.1. The van der Waals surface area contributed by atoms with Gasteiger partial charge in [0.05, 0.1) is 11.0 Å². The summed E-state index contributed by atoms with van der Waals surface area (Å²) < 4.78 is 11.7. The van der Waals surface area contributed by atoms with E-state index in [1.807, 2.05) is 11.3 Å². The maximum absolute atomic E-state index is 6.59. The lowest BCUT2D eigenvalue weighted by molar-refractivity contribution is 0.353. The first-order chi connectivity index (χ1) is 25.2. The van der Waals surface area contributed by atoms with E-state index < -0.39 is 0 Å². The Morgan fingerprint density at radius 2 is 1.20 bits per heavy atom. The molecule has 0 unspecified atom stereocenters. The largest absolute Gasteiger partial charge is 0.456 e. The lowest BCUT2D eigenvalue weighted by Gasteiger charge is -2.35. The van der Waals surface area contributed by atoms with Crippen LogP contribution in [0.5, 0.6) is 0 Å². The lowest BCUT2D eigenvalue weighted by Crippen LogP contribution is -2.27. The van der Waals surface area contributed by atoms with Gasteiger partial charge < -0.3 is 8.98 Å². The Morgan fingerprint density at radius 3 is 2.12 bits per heavy atom. The van der Waals surface area contributed by atoms with E-state index in [1.165, 1.54) is 124 Å². The Bertz CT molecular complexity index is 3070. The van der Waals surface area contributed by atoms with Crippen molar-refractivity contribution < 1.29 is 4.42 Å². The zero-order valence-electron chi connectivity index (χ0n) is 28.1. The van der Waals surface area contributed by atoms with Crippen molar-refractivity contribution in [2.75, 3.05) is 0 Å². The summed E-state index contributed by atoms with van der Waals surface area (Å²) in [6.45, 7) is 0. The summed E-state index contributed by atoms with van der Waals surface area (Å²) in [5.74, 6) is 0. The molecule has 0 atom stereocenters. The van der Waals surface area contributed by atoms with Crippen LogP contribution in [0.25, 0.3) is 91.9 Å². The second-order valence-corrected chi connectivity index (χ2v) is 15.8. The monoisotopic (exact) mass is 671 g/mol. The number of aromatic nitrogens is 1. The summed E-state index contributed by atoms with van der Waals surface area (Å²) >= 11 is 1.87. The molecule has 2 aliphatic rings. The van der Waals surface area contributed by atoms with Crippen molar-refractivity contribution >= 4 is 75.3 Å². The number of thiophene rings is 1. The number of benzene rings is 7. The Morgan fingerprint density at radius 1 is 0.471 bits per heavy atom. The van der Waals surface area contributed by atoms with Crippen molar-refractivity contribution in [2.45, 2.75) is 37.5 Å². The van der Waals surface area contributed by atoms with Crippen LogP contribution >= 0.6 is 11.3 Å². The van der Waals surface area contributed by atoms with Crippen molar-refractivity contribution in [3.63, 3.8) is 0 Å². The van der Waals surface area contributed by atoms with Gasteiger partial charge in [-0.15, -0.1) is 11.3 Å². The Kier molecular flexibility index (Phi) is 5.63. The summed E-state index contributed by atoms with van der Waals surface area (Å²) in [5.41, 5.74) is 13.9. The Balaban J connectivity index is 1.02. The van der Waals surface area contributed by atoms with Crippen LogP contribution in [0.1, 0.15) is 43.2 Å². The van der Waals surface area contributed by atoms with E-state index in [-0.39, 0.29) is 5.41 Å². The van der Waals surface area contributed by atoms with Crippen molar-refractivity contribution in [1.82, 2.24) is 4.57 Å². The SMILES string of the molecule is c1ccc2c(c1)-c1cc3oc4ccc(-c5ccc6c(c5)c5ccccc5n6-c5ccc6sc7ccccc7c6c5)cc4c3cc1C21CCCCC1. The van der Waals surface area contributed by atoms with E-state index in [1.54, 1.807) is 0 Å². The second-order valence-electron chi connectivity index (χ2n) is 14.8. The molecule has 0 saturated heterocycles. The molecule has 0 bridgehead atoms. The van der Waals surface area contributed by atoms with E-state index in [4.69, 9.17) is 4.42 Å². The molecule has 12 rings (SSSR count). The number of para-hydroxylation sites is 1. The molecule has 1 fully saturated rings. The molecular formula is C48H33NOS. The van der Waals surface area contributed by atoms with E-state index in [0.717, 1.165) is 11.2 Å². The minimum absolute atomic E-state index is 0.125. The standard InChI is InChI=1S/C48H33NOS/c1-8-22-48(23-9-1)40-13-5-2-10-32(40)35-28-45-38(27-41(35)48)37-25-30(17-20-44(37)50-45)29-16-19-43-36(24-29)33-11-3-6-14-42(33)49(43)31-18-21-47-39(26-31)34-12-4-7-15-46(34)51-47/h2-7,10-21,24-28H,1,8-9,22-23H2. The number of fused-ring (bicyclic) bond motifs is 14. The molecule has 0 N–H and O–H groups in total. The summed E-state index contributed by atoms with van der Waals surface area (Å²) in [5, 5.41) is 7.62. The first-order valence-electron chi connectivity index (χ1n) is 18.3. The third-order valence-electron chi connectivity index (χ3n) is 12.2. The average Bonchev–Trinajstić information content (AvgIpc) is 3.91. The summed E-state index contributed by atoms with van der Waals surface area (Å²) in [6, 6.07) is 52.3. The van der Waals surface area contributed by atoms with Gasteiger partial charge in [0, 0.05) is 52.8 Å². The highest BCUT2D eigenvalue weighted by atomic mass is 32.1. The van der Waals surface area contributed by atoms with Gasteiger partial charge in [-0.3, -0.25) is 0 Å². The normalized spacial score (nSPS) is 15.2. The third kappa shape index (κ3) is 3.82. The lowest BCUT2D eigenvalue weighted by atomic mass is 9.68. The molecule has 3 heterocycles. The topological polar surface area (TPSA) is 18.1 Å². The van der Waals surface area contributed by atoms with Gasteiger partial charge in [-0.25, -0.2) is 0 Å². The Hall–Kier alpha value is -5.64. The van der Waals surface area contributed by atoms with Crippen LogP contribution < -0.4 is 0 Å². The minimum atomic E-state index is 0.125. The highest BCUT2D eigenvalue weighted by molar-refractivity contribution is 7.25. The van der Waals surface area contributed by atoms with Crippen molar-refractivity contribution in [3.05, 3.63) is 151 Å². The molecule has 242 valence electrons. The third-order valence-corrected chi connectivity index (χ3v) is 13.3. The van der Waals surface area contributed by atoms with Gasteiger partial charge >= 0.3 is 0 Å². The van der Waals surface area contributed by atoms with Gasteiger partial charge in [0.1, 0.15) is 11.2 Å². The zero-order valence-corrected chi connectivity index (χ0v) is 28.9. The predicted molar refractivity (Wildman–Crippen MR) is 216 cm³/mol. The quantitative estimate of drug-likeness (QED) is 0.179. The maximum atomic E-state index is 6.59. The van der Waals surface area contributed by atoms with Crippen LogP contribution in [0.4, 0.5) is 0 Å². The average molecular weight is 672 g/mol. The van der Waals surface area contributed by atoms with Crippen molar-refractivity contribution in [2.24, 2.45) is 0 Å². The van der Waals surface area contributed by atoms with Gasteiger partial charge in [0.25, 0.3) is 0 Å². The molecule has 3 aromatic heterocycles. The van der Waals surface area contributed by atoms with Gasteiger partial charge in [0.2, 0.25) is 0 Å². The number of rotatable bonds is 2. The van der Waals surface area contributed by atoms with Crippen LogP contribution in [0, 0.1) is 0 Å². The van der Waals surface area contributed by atoms with E-state index in [2.05, 4.69) is 144 Å². The van der Waals surface area contributed by atoms with Crippen LogP contribution in [0.3, 0.4) is 0 Å². The van der Waals surface area contributed by atoms with Crippen LogP contribution in [0.15, 0.2) is 144 Å². The number of hydrogen-bond donors (Lipinski definition) is 0. The molecule has 10 aromatic rings. The van der Waals surface area contributed by atoms with Crippen LogP contribution in [-0.4, -0.2) is 4.57 Å². The fourth-order valence-electron chi connectivity index (χ4n) is 9.88. The molecule has 0 aliphatic heterocycles. The molecule has 1 spiro atoms. The summed E-state index contributed by atoms with van der Waals surface area (Å²) in [6.07, 6.45) is 6.38. The number of furan rings is 1. The van der Waals surface area contributed by atoms with E-state index in [0.29, 0.717) is 0 Å². The number of nitrogens with zero attached hydrogens (tertiary/aromatic N) is 1. The van der Waals surface area contributed by atoms with Crippen LogP contribution in [-0.2, 0) is 5.41 Å². The molecule has 3 heteroatoms. The van der Waals surface area contributed by atoms with Crippen LogP contribution in [0.2, 0.25) is 0 Å². The van der Waals surface area contributed by atoms with E-state index in [9.17, 15) is 0 Å². The highest BCUT2D eigenvalue weighted by Gasteiger charge is 2.44. The molecular weight excluding hydrogens is 639 g/mol. The molecule has 2 aliphatic carbocycles. The minimum Gasteiger partial charge on any atom is -0.456 e. The van der Waals surface area contributed by atoms with Gasteiger partial charge in [-0.05, 0) is 113 Å². The first-order valence-corrected chi connectivity index (χ1v) is 19.1. The van der Waals surface area contributed by atoms with E-state index >= 15 is 0 Å². The molecule has 7 aromatic carbocycles. The summed E-state index contributed by atoms with van der Waals surface area (Å²) in [4.78, 5) is 0. The molecule has 1 saturated carbocycles. The van der Waals surface area contributed by atoms with Gasteiger partial charge in [-0.1, -0.05) is 92.1 Å². The second kappa shape index (κ2) is 10.2. The Labute approximate surface area is 299 Å². The van der Waals surface area contributed by atoms with Gasteiger partial charge in [0.15, 0.2) is 0 Å². The maximum Gasteiger partial charge on any atom is 0.136 e. The fourth-order valence-corrected chi connectivity index (χ4v) is 11.0. The van der Waals surface area contributed by atoms with Crippen molar-refractivity contribution in [1.29, 1.82) is 0 Å². The molecule has 51 heavy (non-hydrogen) atoms. The molecule has 0 amide bonds. The van der Waals surface area contributed by atoms with Crippen molar-refractivity contribution in [3.8, 4) is 27.9 Å². The molecule has 0 radical (unpaired) electrons. The highest BCUT2D eigenvalue weighted by Crippen LogP contribution is 2.57.